The Balaban J connectivity index is 1.47. The molecule has 2 N–H and O–H groups in total. The Morgan fingerprint density at radius 1 is 1.00 bits per heavy atom. The molecule has 0 aliphatic carbocycles. The number of hydrogen-bond acceptors (Lipinski definition) is 5. The number of anilines is 2. The summed E-state index contributed by atoms with van der Waals surface area (Å²) in [5.41, 5.74) is 2.96. The highest BCUT2D eigenvalue weighted by molar-refractivity contribution is 8.01. The molecule has 2 atom stereocenters. The first kappa shape index (κ1) is 21.6. The van der Waals surface area contributed by atoms with Gasteiger partial charge in [-0.15, -0.1) is 11.8 Å². The number of benzene rings is 3. The molecule has 0 spiro atoms. The highest BCUT2D eigenvalue weighted by atomic mass is 32.2. The van der Waals surface area contributed by atoms with Gasteiger partial charge in [0.25, 0.3) is 5.91 Å². The van der Waals surface area contributed by atoms with Crippen LogP contribution in [0.3, 0.4) is 0 Å². The molecule has 0 saturated carbocycles. The summed E-state index contributed by atoms with van der Waals surface area (Å²) in [5, 5.41) is 4.98. The van der Waals surface area contributed by atoms with Crippen LogP contribution in [0.2, 0.25) is 0 Å². The molecule has 0 fully saturated rings. The highest BCUT2D eigenvalue weighted by Gasteiger charge is 2.32. The van der Waals surface area contributed by atoms with E-state index < -0.39 is 23.2 Å². The van der Waals surface area contributed by atoms with Crippen molar-refractivity contribution in [3.05, 3.63) is 90.0 Å². The number of ether oxygens (including phenoxy) is 1. The first-order chi connectivity index (χ1) is 15.5. The van der Waals surface area contributed by atoms with Gasteiger partial charge in [0.1, 0.15) is 0 Å². The topological polar surface area (TPSA) is 84.5 Å². The Bertz CT molecular complexity index is 1130. The van der Waals surface area contributed by atoms with E-state index in [1.807, 2.05) is 49.4 Å². The Morgan fingerprint density at radius 2 is 1.69 bits per heavy atom. The highest BCUT2D eigenvalue weighted by Crippen LogP contribution is 2.37. The Morgan fingerprint density at radius 3 is 2.44 bits per heavy atom. The molecule has 3 aromatic rings. The second-order valence-corrected chi connectivity index (χ2v) is 8.68. The summed E-state index contributed by atoms with van der Waals surface area (Å²) >= 11 is 1.32. The Labute approximate surface area is 190 Å². The zero-order valence-corrected chi connectivity index (χ0v) is 18.2. The van der Waals surface area contributed by atoms with Crippen molar-refractivity contribution in [2.75, 3.05) is 10.6 Å². The van der Waals surface area contributed by atoms with Gasteiger partial charge >= 0.3 is 5.97 Å². The molecule has 2 amide bonds. The van der Waals surface area contributed by atoms with Crippen LogP contribution in [0, 0.1) is 6.92 Å². The third-order valence-corrected chi connectivity index (χ3v) is 6.24. The van der Waals surface area contributed by atoms with E-state index in [0.29, 0.717) is 11.3 Å². The summed E-state index contributed by atoms with van der Waals surface area (Å²) in [6, 6.07) is 23.6. The van der Waals surface area contributed by atoms with Crippen molar-refractivity contribution in [3.8, 4) is 0 Å². The maximum atomic E-state index is 13.0. The fraction of sp³-hybridized carbons (Fsp3) is 0.160. The molecule has 1 aliphatic heterocycles. The summed E-state index contributed by atoms with van der Waals surface area (Å²) in [5.74, 6) is -1.34. The first-order valence-electron chi connectivity index (χ1n) is 10.2. The van der Waals surface area contributed by atoms with Crippen LogP contribution in [0.15, 0.2) is 83.8 Å². The van der Waals surface area contributed by atoms with E-state index in [9.17, 15) is 14.4 Å². The van der Waals surface area contributed by atoms with Gasteiger partial charge in [0.15, 0.2) is 0 Å². The largest absolute Gasteiger partial charge is 0.447 e. The number of para-hydroxylation sites is 1. The molecular weight excluding hydrogens is 424 g/mol. The van der Waals surface area contributed by atoms with Crippen molar-refractivity contribution in [3.63, 3.8) is 0 Å². The van der Waals surface area contributed by atoms with Gasteiger partial charge in [-0.2, -0.15) is 0 Å². The average Bonchev–Trinajstić information content (AvgIpc) is 2.80. The molecule has 32 heavy (non-hydrogen) atoms. The summed E-state index contributed by atoms with van der Waals surface area (Å²) < 4.78 is 5.59. The van der Waals surface area contributed by atoms with Gasteiger partial charge in [-0.1, -0.05) is 60.2 Å². The lowest BCUT2D eigenvalue weighted by Gasteiger charge is -2.24. The lowest BCUT2D eigenvalue weighted by Crippen LogP contribution is -2.33. The van der Waals surface area contributed by atoms with Gasteiger partial charge in [0, 0.05) is 16.1 Å². The molecule has 1 heterocycles. The Hall–Kier alpha value is -3.58. The van der Waals surface area contributed by atoms with Crippen LogP contribution in [-0.2, 0) is 19.1 Å². The second kappa shape index (κ2) is 9.70. The second-order valence-electron chi connectivity index (χ2n) is 7.43. The summed E-state index contributed by atoms with van der Waals surface area (Å²) in [6.45, 7) is 1.96. The normalized spacial score (nSPS) is 15.8. The number of fused-ring (bicyclic) bond motifs is 1. The smallest absolute Gasteiger partial charge is 0.308 e. The number of carbonyl (C=O) groups is 3. The van der Waals surface area contributed by atoms with Crippen LogP contribution in [0.5, 0.6) is 0 Å². The van der Waals surface area contributed by atoms with Gasteiger partial charge in [-0.3, -0.25) is 14.4 Å². The molecule has 4 rings (SSSR count). The predicted octanol–water partition coefficient (Wildman–Crippen LogP) is 4.72. The fourth-order valence-corrected chi connectivity index (χ4v) is 4.40. The van der Waals surface area contributed by atoms with Crippen LogP contribution in [0.1, 0.15) is 23.7 Å². The van der Waals surface area contributed by atoms with Crippen LogP contribution < -0.4 is 10.6 Å². The molecule has 162 valence electrons. The summed E-state index contributed by atoms with van der Waals surface area (Å²) in [6.07, 6.45) is -1.28. The number of aryl methyl sites for hydroxylation is 1. The molecule has 0 unspecified atom stereocenters. The van der Waals surface area contributed by atoms with E-state index in [2.05, 4.69) is 10.6 Å². The maximum Gasteiger partial charge on any atom is 0.308 e. The van der Waals surface area contributed by atoms with Crippen molar-refractivity contribution >= 4 is 40.9 Å². The van der Waals surface area contributed by atoms with E-state index >= 15 is 0 Å². The van der Waals surface area contributed by atoms with Gasteiger partial charge < -0.3 is 15.4 Å². The Kier molecular flexibility index (Phi) is 6.56. The van der Waals surface area contributed by atoms with Gasteiger partial charge in [-0.05, 0) is 31.2 Å². The third-order valence-electron chi connectivity index (χ3n) is 4.97. The molecular formula is C25H22N2O4S. The standard InChI is InChI=1S/C25H22N2O4S/c1-16-11-13-18(14-12-16)26-25(30)23(17-7-3-2-4-8-17)31-22(28)15-21-24(29)27-19-9-5-6-10-20(19)32-21/h2-14,21,23H,15H2,1H3,(H,26,30)(H,27,29)/t21-,23+/m1/s1. The number of hydrogen-bond donors (Lipinski definition) is 2. The van der Waals surface area contributed by atoms with Crippen LogP contribution in [-0.4, -0.2) is 23.0 Å². The lowest BCUT2D eigenvalue weighted by molar-refractivity contribution is -0.155. The van der Waals surface area contributed by atoms with Crippen molar-refractivity contribution < 1.29 is 19.1 Å². The van der Waals surface area contributed by atoms with E-state index in [1.165, 1.54) is 11.8 Å². The SMILES string of the molecule is Cc1ccc(NC(=O)[C@@H](OC(=O)C[C@H]2Sc3ccccc3NC2=O)c2ccccc2)cc1. The van der Waals surface area contributed by atoms with E-state index in [-0.39, 0.29) is 12.3 Å². The van der Waals surface area contributed by atoms with Gasteiger partial charge in [0.2, 0.25) is 12.0 Å². The number of rotatable bonds is 6. The van der Waals surface area contributed by atoms with Crippen LogP contribution in [0.25, 0.3) is 0 Å². The predicted molar refractivity (Wildman–Crippen MR) is 124 cm³/mol. The fourth-order valence-electron chi connectivity index (χ4n) is 3.30. The van der Waals surface area contributed by atoms with Crippen LogP contribution >= 0.6 is 11.8 Å². The van der Waals surface area contributed by atoms with Gasteiger partial charge in [0.05, 0.1) is 17.4 Å². The van der Waals surface area contributed by atoms with Crippen molar-refractivity contribution in [2.24, 2.45) is 0 Å². The minimum atomic E-state index is -1.13. The summed E-state index contributed by atoms with van der Waals surface area (Å²) in [7, 11) is 0. The molecule has 6 nitrogen and oxygen atoms in total. The number of esters is 1. The number of nitrogens with one attached hydrogen (secondary N) is 2. The minimum absolute atomic E-state index is 0.147. The minimum Gasteiger partial charge on any atom is -0.447 e. The van der Waals surface area contributed by atoms with E-state index in [4.69, 9.17) is 4.74 Å². The third kappa shape index (κ3) is 5.18. The molecule has 0 radical (unpaired) electrons. The molecule has 0 saturated heterocycles. The summed E-state index contributed by atoms with van der Waals surface area (Å²) in [4.78, 5) is 39.1. The zero-order valence-electron chi connectivity index (χ0n) is 17.4. The number of thioether (sulfide) groups is 1. The van der Waals surface area contributed by atoms with Crippen LogP contribution in [0.4, 0.5) is 11.4 Å². The molecule has 0 aromatic heterocycles. The van der Waals surface area contributed by atoms with E-state index in [1.54, 1.807) is 36.4 Å². The monoisotopic (exact) mass is 446 g/mol. The molecule has 1 aliphatic rings. The van der Waals surface area contributed by atoms with Crippen molar-refractivity contribution in [2.45, 2.75) is 29.6 Å². The lowest BCUT2D eigenvalue weighted by atomic mass is 10.1. The number of amides is 2. The molecule has 0 bridgehead atoms. The molecule has 7 heteroatoms. The molecule has 3 aromatic carbocycles. The quantitative estimate of drug-likeness (QED) is 0.535. The zero-order chi connectivity index (χ0) is 22.5. The van der Waals surface area contributed by atoms with E-state index in [0.717, 1.165) is 16.1 Å². The first-order valence-corrected chi connectivity index (χ1v) is 11.1. The number of carbonyl (C=O) groups excluding carboxylic acids is 3. The maximum absolute atomic E-state index is 13.0. The van der Waals surface area contributed by atoms with Crippen molar-refractivity contribution in [1.82, 2.24) is 0 Å². The van der Waals surface area contributed by atoms with Crippen molar-refractivity contribution in [1.29, 1.82) is 0 Å². The average molecular weight is 447 g/mol. The van der Waals surface area contributed by atoms with Gasteiger partial charge in [-0.25, -0.2) is 0 Å².